The van der Waals surface area contributed by atoms with Crippen molar-refractivity contribution in [1.29, 1.82) is 0 Å². The summed E-state index contributed by atoms with van der Waals surface area (Å²) in [5.74, 6) is 0.519. The summed E-state index contributed by atoms with van der Waals surface area (Å²) < 4.78 is 12.9. The summed E-state index contributed by atoms with van der Waals surface area (Å²) in [7, 11) is 0. The number of halogens is 1. The standard InChI is InChI=1S/C26H29ClNO4S2/c27-20-6-1-2-7-21(20)31-15-5-12-28-13-10-19(11-14-28)22(18-28)32-25(29)26(30,23-8-3-16-33-23)24-9-4-17-34-24/h1-4,6-9,16-17,19,22,30H,5,10-15,18H2/q+1. The molecule has 3 aliphatic heterocycles. The van der Waals surface area contributed by atoms with E-state index in [0.29, 0.717) is 27.3 Å². The largest absolute Gasteiger partial charge is 0.492 e. The van der Waals surface area contributed by atoms with E-state index >= 15 is 0 Å². The van der Waals surface area contributed by atoms with Crippen molar-refractivity contribution in [1.82, 2.24) is 0 Å². The summed E-state index contributed by atoms with van der Waals surface area (Å²) in [6, 6.07) is 14.8. The van der Waals surface area contributed by atoms with Gasteiger partial charge in [-0.1, -0.05) is 35.9 Å². The molecular weight excluding hydrogens is 490 g/mol. The first kappa shape index (κ1) is 23.8. The zero-order valence-corrected chi connectivity index (χ0v) is 21.3. The van der Waals surface area contributed by atoms with Crippen LogP contribution < -0.4 is 4.74 Å². The number of hydrogen-bond donors (Lipinski definition) is 1. The SMILES string of the molecule is O=C(OC1C[N+]2(CCCOc3ccccc3Cl)CCC1CC2)C(O)(c1cccs1)c1cccs1. The molecule has 5 heterocycles. The molecule has 0 amide bonds. The van der Waals surface area contributed by atoms with Gasteiger partial charge in [-0.3, -0.25) is 0 Å². The van der Waals surface area contributed by atoms with E-state index in [-0.39, 0.29) is 6.10 Å². The number of fused-ring (bicyclic) bond motifs is 3. The fraction of sp³-hybridized carbons (Fsp3) is 0.423. The number of carbonyl (C=O) groups excluding carboxylic acids is 1. The number of benzene rings is 1. The number of quaternary nitrogens is 1. The van der Waals surface area contributed by atoms with Gasteiger partial charge in [-0.05, 0) is 35.0 Å². The maximum Gasteiger partial charge on any atom is 0.349 e. The third kappa shape index (κ3) is 4.64. The Bertz CT molecular complexity index is 1060. The first-order chi connectivity index (χ1) is 16.5. The van der Waals surface area contributed by atoms with Crippen molar-refractivity contribution < 1.29 is 23.9 Å². The van der Waals surface area contributed by atoms with Gasteiger partial charge < -0.3 is 19.1 Å². The lowest BCUT2D eigenvalue weighted by Gasteiger charge is -2.52. The van der Waals surface area contributed by atoms with E-state index in [9.17, 15) is 9.90 Å². The van der Waals surface area contributed by atoms with E-state index < -0.39 is 11.6 Å². The molecule has 1 aromatic carbocycles. The van der Waals surface area contributed by atoms with E-state index in [0.717, 1.165) is 55.7 Å². The van der Waals surface area contributed by atoms with Gasteiger partial charge >= 0.3 is 5.97 Å². The van der Waals surface area contributed by atoms with Crippen LogP contribution in [0, 0.1) is 5.92 Å². The summed E-state index contributed by atoms with van der Waals surface area (Å²) in [5.41, 5.74) is -1.75. The number of rotatable bonds is 9. The van der Waals surface area contributed by atoms with Crippen LogP contribution in [0.2, 0.25) is 5.02 Å². The van der Waals surface area contributed by atoms with Crippen LogP contribution in [-0.4, -0.2) is 54.4 Å². The minimum absolute atomic E-state index is 0.175. The monoisotopic (exact) mass is 518 g/mol. The minimum Gasteiger partial charge on any atom is -0.492 e. The van der Waals surface area contributed by atoms with E-state index in [1.807, 2.05) is 47.2 Å². The summed E-state index contributed by atoms with van der Waals surface area (Å²) in [6.07, 6.45) is 2.82. The predicted molar refractivity (Wildman–Crippen MR) is 136 cm³/mol. The van der Waals surface area contributed by atoms with Crippen molar-refractivity contribution in [3.8, 4) is 5.75 Å². The molecule has 3 fully saturated rings. The van der Waals surface area contributed by atoms with Gasteiger partial charge in [0, 0.05) is 25.2 Å². The van der Waals surface area contributed by atoms with Crippen molar-refractivity contribution in [2.24, 2.45) is 5.92 Å². The summed E-state index contributed by atoms with van der Waals surface area (Å²) in [4.78, 5) is 14.7. The topological polar surface area (TPSA) is 55.8 Å². The van der Waals surface area contributed by atoms with E-state index in [1.54, 1.807) is 12.1 Å². The molecule has 0 aliphatic carbocycles. The Morgan fingerprint density at radius 2 is 1.74 bits per heavy atom. The molecular formula is C26H29ClNO4S2+. The lowest BCUT2D eigenvalue weighted by Crippen LogP contribution is -2.65. The average Bonchev–Trinajstić information content (AvgIpc) is 3.58. The van der Waals surface area contributed by atoms with Crippen LogP contribution in [0.3, 0.4) is 0 Å². The molecule has 1 atom stereocenters. The van der Waals surface area contributed by atoms with E-state index in [1.165, 1.54) is 22.7 Å². The number of para-hydroxylation sites is 1. The van der Waals surface area contributed by atoms with Crippen LogP contribution in [0.15, 0.2) is 59.3 Å². The van der Waals surface area contributed by atoms with Crippen molar-refractivity contribution in [3.05, 3.63) is 74.1 Å². The van der Waals surface area contributed by atoms with Gasteiger partial charge in [0.25, 0.3) is 0 Å². The zero-order chi connectivity index (χ0) is 23.6. The fourth-order valence-corrected chi connectivity index (χ4v) is 7.23. The van der Waals surface area contributed by atoms with Gasteiger partial charge in [-0.15, -0.1) is 22.7 Å². The number of piperidine rings is 3. The first-order valence-electron chi connectivity index (χ1n) is 11.7. The highest BCUT2D eigenvalue weighted by Crippen LogP contribution is 2.40. The Morgan fingerprint density at radius 3 is 2.35 bits per heavy atom. The Morgan fingerprint density at radius 1 is 1.06 bits per heavy atom. The first-order valence-corrected chi connectivity index (χ1v) is 13.9. The molecule has 2 bridgehead atoms. The second-order valence-corrected chi connectivity index (χ2v) is 11.6. The van der Waals surface area contributed by atoms with Gasteiger partial charge in [0.05, 0.1) is 41.0 Å². The van der Waals surface area contributed by atoms with Gasteiger partial charge in [-0.2, -0.15) is 0 Å². The Hall–Kier alpha value is -1.90. The number of aliphatic hydroxyl groups is 1. The predicted octanol–water partition coefficient (Wildman–Crippen LogP) is 5.32. The molecule has 3 saturated heterocycles. The van der Waals surface area contributed by atoms with E-state index in [4.69, 9.17) is 21.1 Å². The van der Waals surface area contributed by atoms with Crippen LogP contribution in [0.4, 0.5) is 0 Å². The second-order valence-electron chi connectivity index (χ2n) is 9.27. The quantitative estimate of drug-likeness (QED) is 0.236. The molecule has 3 aliphatic rings. The maximum atomic E-state index is 13.5. The molecule has 0 saturated carbocycles. The molecule has 0 spiro atoms. The second kappa shape index (κ2) is 9.99. The van der Waals surface area contributed by atoms with Crippen molar-refractivity contribution in [2.45, 2.75) is 31.0 Å². The number of hydrogen-bond acceptors (Lipinski definition) is 6. The van der Waals surface area contributed by atoms with Gasteiger partial charge in [0.15, 0.2) is 6.10 Å². The average molecular weight is 519 g/mol. The number of ether oxygens (including phenoxy) is 2. The van der Waals surface area contributed by atoms with Crippen molar-refractivity contribution >= 4 is 40.2 Å². The molecule has 5 nitrogen and oxygen atoms in total. The van der Waals surface area contributed by atoms with E-state index in [2.05, 4.69) is 0 Å². The molecule has 0 radical (unpaired) electrons. The van der Waals surface area contributed by atoms with Crippen LogP contribution in [0.5, 0.6) is 5.75 Å². The normalized spacial score (nSPS) is 24.2. The number of carbonyl (C=O) groups is 1. The van der Waals surface area contributed by atoms with Crippen molar-refractivity contribution in [3.63, 3.8) is 0 Å². The van der Waals surface area contributed by atoms with Gasteiger partial charge in [0.1, 0.15) is 12.3 Å². The molecule has 1 unspecified atom stereocenters. The lowest BCUT2D eigenvalue weighted by atomic mass is 9.83. The zero-order valence-electron chi connectivity index (χ0n) is 18.9. The summed E-state index contributed by atoms with van der Waals surface area (Å²) in [6.45, 7) is 4.59. The summed E-state index contributed by atoms with van der Waals surface area (Å²) >= 11 is 8.94. The molecule has 180 valence electrons. The van der Waals surface area contributed by atoms with Crippen LogP contribution in [0.1, 0.15) is 29.0 Å². The third-order valence-electron chi connectivity index (χ3n) is 7.22. The molecule has 8 heteroatoms. The van der Waals surface area contributed by atoms with Crippen LogP contribution in [-0.2, 0) is 15.1 Å². The smallest absolute Gasteiger partial charge is 0.349 e. The number of nitrogens with zero attached hydrogens (tertiary/aromatic N) is 1. The Labute approximate surface area is 213 Å². The molecule has 6 rings (SSSR count). The van der Waals surface area contributed by atoms with Crippen molar-refractivity contribution in [2.75, 3.05) is 32.8 Å². The Kier molecular flexibility index (Phi) is 7.00. The maximum absolute atomic E-state index is 13.5. The minimum atomic E-state index is -1.75. The Balaban J connectivity index is 1.23. The number of thiophene rings is 2. The fourth-order valence-electron chi connectivity index (χ4n) is 5.33. The lowest BCUT2D eigenvalue weighted by molar-refractivity contribution is -0.946. The number of esters is 1. The highest BCUT2D eigenvalue weighted by Gasteiger charge is 2.51. The third-order valence-corrected chi connectivity index (χ3v) is 9.49. The highest BCUT2D eigenvalue weighted by atomic mass is 35.5. The highest BCUT2D eigenvalue weighted by molar-refractivity contribution is 7.12. The molecule has 34 heavy (non-hydrogen) atoms. The van der Waals surface area contributed by atoms with Gasteiger partial charge in [0.2, 0.25) is 5.60 Å². The molecule has 3 aromatic rings. The van der Waals surface area contributed by atoms with Crippen LogP contribution >= 0.6 is 34.3 Å². The summed E-state index contributed by atoms with van der Waals surface area (Å²) in [5, 5.41) is 16.0. The van der Waals surface area contributed by atoms with Crippen LogP contribution in [0.25, 0.3) is 0 Å². The molecule has 1 N–H and O–H groups in total. The van der Waals surface area contributed by atoms with Gasteiger partial charge in [-0.25, -0.2) is 4.79 Å². The molecule has 2 aromatic heterocycles.